The first-order valence-electron chi connectivity index (χ1n) is 11.5. The third-order valence-corrected chi connectivity index (χ3v) is 8.64. The van der Waals surface area contributed by atoms with Gasteiger partial charge in [0.1, 0.15) is 0 Å². The van der Waals surface area contributed by atoms with Gasteiger partial charge in [-0.15, -0.1) is 0 Å². The smallest absolute Gasteiger partial charge is 0.307 e. The summed E-state index contributed by atoms with van der Waals surface area (Å²) in [6.07, 6.45) is 3.14. The summed E-state index contributed by atoms with van der Waals surface area (Å²) in [6.45, 7) is 0. The van der Waals surface area contributed by atoms with Gasteiger partial charge in [-0.2, -0.15) is 0 Å². The standard InChI is InChI=1S/C27H24N2O5S2/c1-36(33,34)20-13-14-23-24(15-20)35-27(29-23)28-19-11-9-17(10-12-19)16-5-7-18(8-6-16)25(30)21-3-2-4-22(21)26(31)32/h5-15,21-22H,2-4H2,1H3,(H,28,29)(H,31,32)/t21-,22-/m1/s1. The number of rotatable bonds is 7. The van der Waals surface area contributed by atoms with Crippen LogP contribution in [0.15, 0.2) is 71.6 Å². The number of benzene rings is 3. The summed E-state index contributed by atoms with van der Waals surface area (Å²) in [6, 6.07) is 20.0. The van der Waals surface area contributed by atoms with E-state index in [-0.39, 0.29) is 10.7 Å². The maximum Gasteiger partial charge on any atom is 0.307 e. The summed E-state index contributed by atoms with van der Waals surface area (Å²) in [4.78, 5) is 29.1. The zero-order valence-electron chi connectivity index (χ0n) is 19.5. The minimum Gasteiger partial charge on any atom is -0.481 e. The normalized spacial score (nSPS) is 17.8. The number of fused-ring (bicyclic) bond motifs is 1. The number of ketones is 1. The maximum atomic E-state index is 12.9. The number of aromatic nitrogens is 1. The number of nitrogens with one attached hydrogen (secondary N) is 1. The van der Waals surface area contributed by atoms with Gasteiger partial charge in [0.15, 0.2) is 20.8 Å². The van der Waals surface area contributed by atoms with Crippen molar-refractivity contribution in [2.24, 2.45) is 11.8 Å². The molecule has 2 N–H and O–H groups in total. The van der Waals surface area contributed by atoms with E-state index in [4.69, 9.17) is 0 Å². The van der Waals surface area contributed by atoms with Gasteiger partial charge in [-0.25, -0.2) is 13.4 Å². The van der Waals surface area contributed by atoms with Crippen molar-refractivity contribution in [3.8, 4) is 11.1 Å². The number of hydrogen-bond acceptors (Lipinski definition) is 7. The van der Waals surface area contributed by atoms with Crippen molar-refractivity contribution < 1.29 is 23.1 Å². The Morgan fingerprint density at radius 3 is 2.22 bits per heavy atom. The molecule has 2 atom stereocenters. The van der Waals surface area contributed by atoms with E-state index >= 15 is 0 Å². The van der Waals surface area contributed by atoms with Crippen LogP contribution in [0.1, 0.15) is 29.6 Å². The lowest BCUT2D eigenvalue weighted by Crippen LogP contribution is -2.25. The lowest BCUT2D eigenvalue weighted by molar-refractivity contribution is -0.142. The van der Waals surface area contributed by atoms with Crippen LogP contribution < -0.4 is 5.32 Å². The van der Waals surface area contributed by atoms with E-state index < -0.39 is 27.6 Å². The van der Waals surface area contributed by atoms with Crippen LogP contribution in [0.3, 0.4) is 0 Å². The molecule has 7 nitrogen and oxygen atoms in total. The minimum atomic E-state index is -3.28. The second-order valence-corrected chi connectivity index (χ2v) is 12.1. The van der Waals surface area contributed by atoms with E-state index in [2.05, 4.69) is 10.3 Å². The molecule has 1 aliphatic carbocycles. The number of aliphatic carboxylic acids is 1. The molecule has 1 aromatic heterocycles. The second-order valence-electron chi connectivity index (χ2n) is 9.05. The number of carboxylic acid groups (broad SMARTS) is 1. The van der Waals surface area contributed by atoms with Gasteiger partial charge in [-0.1, -0.05) is 54.2 Å². The molecule has 0 unspecified atom stereocenters. The van der Waals surface area contributed by atoms with E-state index in [1.54, 1.807) is 30.3 Å². The molecule has 0 bridgehead atoms. The van der Waals surface area contributed by atoms with Gasteiger partial charge in [-0.3, -0.25) is 9.59 Å². The van der Waals surface area contributed by atoms with Gasteiger partial charge in [0.25, 0.3) is 0 Å². The molecule has 1 aliphatic rings. The summed E-state index contributed by atoms with van der Waals surface area (Å²) in [5, 5.41) is 13.3. The number of anilines is 2. The third kappa shape index (κ3) is 4.89. The molecular formula is C27H24N2O5S2. The summed E-state index contributed by atoms with van der Waals surface area (Å²) in [7, 11) is -3.28. The fraction of sp³-hybridized carbons (Fsp3) is 0.222. The van der Waals surface area contributed by atoms with Crippen molar-refractivity contribution in [3.63, 3.8) is 0 Å². The molecule has 5 rings (SSSR count). The van der Waals surface area contributed by atoms with E-state index in [9.17, 15) is 23.1 Å². The van der Waals surface area contributed by atoms with Crippen LogP contribution in [0.25, 0.3) is 21.3 Å². The zero-order valence-corrected chi connectivity index (χ0v) is 21.1. The monoisotopic (exact) mass is 520 g/mol. The first kappa shape index (κ1) is 24.1. The van der Waals surface area contributed by atoms with Crippen LogP contribution in [-0.2, 0) is 14.6 Å². The molecular weight excluding hydrogens is 496 g/mol. The Bertz CT molecular complexity index is 1560. The summed E-state index contributed by atoms with van der Waals surface area (Å²) >= 11 is 1.38. The van der Waals surface area contributed by atoms with Gasteiger partial charge in [-0.05, 0) is 54.3 Å². The SMILES string of the molecule is CS(=O)(=O)c1ccc2nc(Nc3ccc(-c4ccc(C(=O)[C@@H]5CCC[C@H]5C(=O)O)cc4)cc3)sc2c1. The predicted octanol–water partition coefficient (Wildman–Crippen LogP) is 5.79. The molecule has 1 fully saturated rings. The number of carbonyl (C=O) groups is 2. The fourth-order valence-electron chi connectivity index (χ4n) is 4.67. The van der Waals surface area contributed by atoms with Gasteiger partial charge < -0.3 is 10.4 Å². The number of nitrogens with zero attached hydrogens (tertiary/aromatic N) is 1. The van der Waals surface area contributed by atoms with Crippen molar-refractivity contribution in [2.75, 3.05) is 11.6 Å². The summed E-state index contributed by atoms with van der Waals surface area (Å²) < 4.78 is 24.4. The highest BCUT2D eigenvalue weighted by atomic mass is 32.2. The molecule has 0 spiro atoms. The van der Waals surface area contributed by atoms with Gasteiger partial charge in [0.05, 0.1) is 21.0 Å². The molecule has 0 aliphatic heterocycles. The lowest BCUT2D eigenvalue weighted by atomic mass is 9.88. The van der Waals surface area contributed by atoms with Gasteiger partial charge >= 0.3 is 5.97 Å². The predicted molar refractivity (Wildman–Crippen MR) is 141 cm³/mol. The average Bonchev–Trinajstić information content (AvgIpc) is 3.50. The lowest BCUT2D eigenvalue weighted by Gasteiger charge is -2.14. The zero-order chi connectivity index (χ0) is 25.4. The van der Waals surface area contributed by atoms with E-state index in [0.29, 0.717) is 23.5 Å². The molecule has 4 aromatic rings. The number of hydrogen-bond donors (Lipinski definition) is 2. The Morgan fingerprint density at radius 1 is 0.944 bits per heavy atom. The van der Waals surface area contributed by atoms with Crippen molar-refractivity contribution in [2.45, 2.75) is 24.2 Å². The summed E-state index contributed by atoms with van der Waals surface area (Å²) in [5.41, 5.74) is 4.05. The van der Waals surface area contributed by atoms with Gasteiger partial charge in [0.2, 0.25) is 0 Å². The highest BCUT2D eigenvalue weighted by Gasteiger charge is 2.37. The number of carbonyl (C=O) groups excluding carboxylic acids is 1. The highest BCUT2D eigenvalue weighted by molar-refractivity contribution is 7.90. The fourth-order valence-corrected chi connectivity index (χ4v) is 6.32. The van der Waals surface area contributed by atoms with Crippen LogP contribution >= 0.6 is 11.3 Å². The molecule has 0 saturated heterocycles. The van der Waals surface area contributed by atoms with Crippen molar-refractivity contribution in [3.05, 3.63) is 72.3 Å². The maximum absolute atomic E-state index is 12.9. The molecule has 9 heteroatoms. The molecule has 0 radical (unpaired) electrons. The van der Waals surface area contributed by atoms with Crippen LogP contribution in [0.5, 0.6) is 0 Å². The van der Waals surface area contributed by atoms with Crippen LogP contribution in [0.4, 0.5) is 10.8 Å². The Kier molecular flexibility index (Phi) is 6.36. The number of thiazole rings is 1. The molecule has 3 aromatic carbocycles. The third-order valence-electron chi connectivity index (χ3n) is 6.60. The first-order valence-corrected chi connectivity index (χ1v) is 14.2. The molecule has 0 amide bonds. The number of carboxylic acids is 1. The minimum absolute atomic E-state index is 0.0921. The molecule has 36 heavy (non-hydrogen) atoms. The quantitative estimate of drug-likeness (QED) is 0.296. The first-order chi connectivity index (χ1) is 17.2. The van der Waals surface area contributed by atoms with Crippen molar-refractivity contribution in [1.29, 1.82) is 0 Å². The van der Waals surface area contributed by atoms with E-state index in [0.717, 1.165) is 33.5 Å². The topological polar surface area (TPSA) is 113 Å². The number of Topliss-reactive ketones (excluding diaryl/α,β-unsaturated/α-hetero) is 1. The number of sulfone groups is 1. The molecule has 1 heterocycles. The Balaban J connectivity index is 1.29. The average molecular weight is 521 g/mol. The molecule has 1 saturated carbocycles. The van der Waals surface area contributed by atoms with Crippen LogP contribution in [0.2, 0.25) is 0 Å². The van der Waals surface area contributed by atoms with E-state index in [1.807, 2.05) is 36.4 Å². The van der Waals surface area contributed by atoms with Gasteiger partial charge in [0, 0.05) is 23.4 Å². The van der Waals surface area contributed by atoms with Crippen molar-refractivity contribution >= 4 is 54.0 Å². The Labute approximate surface area is 212 Å². The molecule has 184 valence electrons. The largest absolute Gasteiger partial charge is 0.481 e. The second kappa shape index (κ2) is 9.48. The highest BCUT2D eigenvalue weighted by Crippen LogP contribution is 2.35. The van der Waals surface area contributed by atoms with E-state index in [1.165, 1.54) is 17.6 Å². The Morgan fingerprint density at radius 2 is 1.58 bits per heavy atom. The Hall–Kier alpha value is -3.56. The van der Waals surface area contributed by atoms with Crippen LogP contribution in [-0.4, -0.2) is 36.5 Å². The summed E-state index contributed by atoms with van der Waals surface area (Å²) in [5.74, 6) is -2.01. The van der Waals surface area contributed by atoms with Crippen molar-refractivity contribution in [1.82, 2.24) is 4.98 Å². The van der Waals surface area contributed by atoms with Crippen LogP contribution in [0, 0.1) is 11.8 Å².